The minimum absolute atomic E-state index is 0.287. The van der Waals surface area contributed by atoms with Crippen molar-refractivity contribution in [1.29, 1.82) is 0 Å². The second-order valence-corrected chi connectivity index (χ2v) is 3.47. The van der Waals surface area contributed by atoms with Crippen molar-refractivity contribution in [3.8, 4) is 0 Å². The molecule has 0 aliphatic heterocycles. The highest BCUT2D eigenvalue weighted by molar-refractivity contribution is 5.90. The Bertz CT molecular complexity index is 641. The minimum Gasteiger partial charge on any atom is -0.364 e. The Morgan fingerprint density at radius 1 is 1.47 bits per heavy atom. The Hall–Kier alpha value is -2.57. The van der Waals surface area contributed by atoms with E-state index < -0.39 is 28.8 Å². The Morgan fingerprint density at radius 2 is 2.11 bits per heavy atom. The number of nitrogens with two attached hydrogens (primary N) is 1. The van der Waals surface area contributed by atoms with Crippen molar-refractivity contribution < 1.29 is 13.6 Å². The zero-order valence-electron chi connectivity index (χ0n) is 10.1. The van der Waals surface area contributed by atoms with Crippen LogP contribution in [0.15, 0.2) is 47.3 Å². The van der Waals surface area contributed by atoms with Crippen molar-refractivity contribution >= 4 is 11.6 Å². The number of allylic oxidation sites excluding steroid dienone is 5. The fourth-order valence-electron chi connectivity index (χ4n) is 1.30. The molecule has 1 amide bonds. The molecule has 0 radical (unpaired) electrons. The molecule has 1 rings (SSSR count). The molecular weight excluding hydrogens is 256 g/mol. The number of rotatable bonds is 4. The molecule has 1 heterocycles. The van der Waals surface area contributed by atoms with E-state index in [1.807, 2.05) is 0 Å². The van der Waals surface area contributed by atoms with Crippen LogP contribution >= 0.6 is 0 Å². The lowest BCUT2D eigenvalue weighted by Gasteiger charge is -2.08. The number of halogens is 2. The summed E-state index contributed by atoms with van der Waals surface area (Å²) >= 11 is 0. The fourth-order valence-corrected chi connectivity index (χ4v) is 1.30. The normalized spacial score (nSPS) is 12.9. The van der Waals surface area contributed by atoms with Gasteiger partial charge in [0.05, 0.1) is 0 Å². The van der Waals surface area contributed by atoms with Gasteiger partial charge in [-0.1, -0.05) is 12.7 Å². The molecule has 0 aliphatic rings. The van der Waals surface area contributed by atoms with Crippen molar-refractivity contribution in [2.45, 2.75) is 6.92 Å². The summed E-state index contributed by atoms with van der Waals surface area (Å²) in [5, 5.41) is 3.51. The predicted molar refractivity (Wildman–Crippen MR) is 66.4 cm³/mol. The molecule has 7 heteroatoms. The van der Waals surface area contributed by atoms with E-state index in [-0.39, 0.29) is 5.69 Å². The summed E-state index contributed by atoms with van der Waals surface area (Å²) in [6.07, 6.45) is 1.95. The summed E-state index contributed by atoms with van der Waals surface area (Å²) < 4.78 is 27.5. The molecule has 0 saturated heterocycles. The van der Waals surface area contributed by atoms with E-state index in [9.17, 15) is 18.4 Å². The maximum absolute atomic E-state index is 13.7. The van der Waals surface area contributed by atoms with E-state index in [0.29, 0.717) is 4.68 Å². The molecule has 100 valence electrons. The molecule has 0 spiro atoms. The summed E-state index contributed by atoms with van der Waals surface area (Å²) in [7, 11) is 0. The van der Waals surface area contributed by atoms with E-state index >= 15 is 0 Å². The average molecular weight is 267 g/mol. The molecule has 0 unspecified atom stereocenters. The minimum atomic E-state index is -1.05. The monoisotopic (exact) mass is 267 g/mol. The van der Waals surface area contributed by atoms with Gasteiger partial charge in [-0.25, -0.2) is 8.78 Å². The van der Waals surface area contributed by atoms with E-state index in [4.69, 9.17) is 5.73 Å². The van der Waals surface area contributed by atoms with Crippen molar-refractivity contribution in [1.82, 2.24) is 9.78 Å². The average Bonchev–Trinajstić information content (AvgIpc) is 2.31. The van der Waals surface area contributed by atoms with Gasteiger partial charge in [0.1, 0.15) is 17.2 Å². The third-order valence-electron chi connectivity index (χ3n) is 2.08. The van der Waals surface area contributed by atoms with Gasteiger partial charge in [-0.05, 0) is 19.1 Å². The van der Waals surface area contributed by atoms with Crippen LogP contribution in [-0.4, -0.2) is 15.7 Å². The lowest BCUT2D eigenvalue weighted by molar-refractivity contribution is 0.0994. The smallest absolute Gasteiger partial charge is 0.271 e. The first-order valence-electron chi connectivity index (χ1n) is 5.14. The van der Waals surface area contributed by atoms with Crippen molar-refractivity contribution in [2.75, 3.05) is 0 Å². The number of carbonyl (C=O) groups is 1. The molecule has 0 aromatic carbocycles. The maximum atomic E-state index is 13.7. The lowest BCUT2D eigenvalue weighted by Crippen LogP contribution is -2.26. The maximum Gasteiger partial charge on any atom is 0.271 e. The number of primary amides is 1. The first-order valence-corrected chi connectivity index (χ1v) is 5.14. The predicted octanol–water partition coefficient (Wildman–Crippen LogP) is 1.54. The molecule has 0 bridgehead atoms. The Labute approximate surface area is 107 Å². The fraction of sp³-hybridized carbons (Fsp3) is 0.0833. The summed E-state index contributed by atoms with van der Waals surface area (Å²) in [5.74, 6) is -2.95. The zero-order valence-corrected chi connectivity index (χ0v) is 10.1. The third-order valence-corrected chi connectivity index (χ3v) is 2.08. The van der Waals surface area contributed by atoms with Gasteiger partial charge in [0.15, 0.2) is 5.83 Å². The van der Waals surface area contributed by atoms with Gasteiger partial charge in [-0.2, -0.15) is 9.78 Å². The van der Waals surface area contributed by atoms with Gasteiger partial charge in [-0.15, -0.1) is 0 Å². The van der Waals surface area contributed by atoms with Gasteiger partial charge < -0.3 is 5.73 Å². The molecule has 0 saturated carbocycles. The number of hydrogen-bond donors (Lipinski definition) is 1. The lowest BCUT2D eigenvalue weighted by atomic mass is 10.3. The molecule has 0 fully saturated rings. The quantitative estimate of drug-likeness (QED) is 0.840. The molecule has 0 atom stereocenters. The SMILES string of the molecule is C=C/C=C(F)\C(=C(/C)F)n1nc(C(N)=O)ccc1=O. The molecule has 1 aromatic rings. The number of nitrogens with zero attached hydrogens (tertiary/aromatic N) is 2. The van der Waals surface area contributed by atoms with Crippen LogP contribution in [0.1, 0.15) is 17.4 Å². The number of aromatic nitrogens is 2. The van der Waals surface area contributed by atoms with Crippen LogP contribution in [0.2, 0.25) is 0 Å². The zero-order chi connectivity index (χ0) is 14.6. The molecule has 1 aromatic heterocycles. The van der Waals surface area contributed by atoms with Crippen molar-refractivity contribution in [2.24, 2.45) is 5.73 Å². The topological polar surface area (TPSA) is 78.0 Å². The van der Waals surface area contributed by atoms with Gasteiger partial charge in [-0.3, -0.25) is 9.59 Å². The third kappa shape index (κ3) is 3.21. The molecule has 19 heavy (non-hydrogen) atoms. The van der Waals surface area contributed by atoms with E-state index in [1.165, 1.54) is 0 Å². The van der Waals surface area contributed by atoms with Gasteiger partial charge in [0.25, 0.3) is 11.5 Å². The second kappa shape index (κ2) is 5.85. The van der Waals surface area contributed by atoms with Crippen LogP contribution in [0.5, 0.6) is 0 Å². The van der Waals surface area contributed by atoms with Crippen LogP contribution in [0.4, 0.5) is 8.78 Å². The van der Waals surface area contributed by atoms with E-state index in [0.717, 1.165) is 31.2 Å². The van der Waals surface area contributed by atoms with Crippen LogP contribution in [-0.2, 0) is 0 Å². The standard InChI is InChI=1S/C12H11F2N3O2/c1-3-4-8(14)11(7(2)13)17-10(18)6-5-9(16-17)12(15)19/h3-6H,1H2,2H3,(H2,15,19)/b8-4+,11-7-. The highest BCUT2D eigenvalue weighted by atomic mass is 19.1. The van der Waals surface area contributed by atoms with Gasteiger partial charge in [0.2, 0.25) is 0 Å². The first kappa shape index (κ1) is 14.5. The molecular formula is C12H11F2N3O2. The van der Waals surface area contributed by atoms with Gasteiger partial charge >= 0.3 is 0 Å². The van der Waals surface area contributed by atoms with E-state index in [1.54, 1.807) is 0 Å². The number of amides is 1. The van der Waals surface area contributed by atoms with Crippen LogP contribution < -0.4 is 11.3 Å². The highest BCUT2D eigenvalue weighted by Gasteiger charge is 2.16. The Morgan fingerprint density at radius 3 is 2.58 bits per heavy atom. The van der Waals surface area contributed by atoms with Gasteiger partial charge in [0, 0.05) is 6.07 Å². The Kier molecular flexibility index (Phi) is 4.46. The van der Waals surface area contributed by atoms with Crippen LogP contribution in [0.3, 0.4) is 0 Å². The summed E-state index contributed by atoms with van der Waals surface area (Å²) in [6, 6.07) is 2.01. The van der Waals surface area contributed by atoms with Crippen LogP contribution in [0.25, 0.3) is 5.70 Å². The Balaban J connectivity index is 3.58. The van der Waals surface area contributed by atoms with Crippen LogP contribution in [0, 0.1) is 0 Å². The first-order chi connectivity index (χ1) is 8.88. The highest BCUT2D eigenvalue weighted by Crippen LogP contribution is 2.20. The second-order valence-electron chi connectivity index (χ2n) is 3.47. The van der Waals surface area contributed by atoms with Crippen molar-refractivity contribution in [3.05, 3.63) is 58.6 Å². The van der Waals surface area contributed by atoms with E-state index in [2.05, 4.69) is 11.7 Å². The molecule has 0 aliphatic carbocycles. The number of carbonyl (C=O) groups excluding carboxylic acids is 1. The molecule has 2 N–H and O–H groups in total. The molecule has 5 nitrogen and oxygen atoms in total. The number of hydrogen-bond acceptors (Lipinski definition) is 3. The largest absolute Gasteiger partial charge is 0.364 e. The summed E-state index contributed by atoms with van der Waals surface area (Å²) in [6.45, 7) is 4.22. The summed E-state index contributed by atoms with van der Waals surface area (Å²) in [4.78, 5) is 22.5. The van der Waals surface area contributed by atoms with Crippen molar-refractivity contribution in [3.63, 3.8) is 0 Å². The summed E-state index contributed by atoms with van der Waals surface area (Å²) in [5.41, 5.74) is 3.20.